The lowest BCUT2D eigenvalue weighted by Gasteiger charge is -2.19. The maximum atomic E-state index is 12.3. The summed E-state index contributed by atoms with van der Waals surface area (Å²) in [5.74, 6) is 0.282. The predicted molar refractivity (Wildman–Crippen MR) is 96.0 cm³/mol. The molecule has 0 radical (unpaired) electrons. The minimum atomic E-state index is -3.62. The first-order valence-corrected chi connectivity index (χ1v) is 8.87. The molecule has 6 heteroatoms. The minimum absolute atomic E-state index is 0.206. The van der Waals surface area contributed by atoms with Crippen LogP contribution < -0.4 is 9.62 Å². The lowest BCUT2D eigenvalue weighted by molar-refractivity contribution is 0.601. The summed E-state index contributed by atoms with van der Waals surface area (Å²) in [5, 5.41) is 0. The summed E-state index contributed by atoms with van der Waals surface area (Å²) in [4.78, 5) is 6.38. The van der Waals surface area contributed by atoms with E-state index < -0.39 is 10.0 Å². The fraction of sp³-hybridized carbons (Fsp3) is 0.0556. The van der Waals surface area contributed by atoms with Gasteiger partial charge in [-0.1, -0.05) is 36.4 Å². The lowest BCUT2D eigenvalue weighted by Crippen LogP contribution is -2.14. The molecule has 1 heterocycles. The first-order valence-electron chi connectivity index (χ1n) is 7.39. The zero-order chi connectivity index (χ0) is 17.0. The predicted octanol–water partition coefficient (Wildman–Crippen LogP) is 3.65. The Morgan fingerprint density at radius 3 is 2.04 bits per heavy atom. The van der Waals surface area contributed by atoms with Crippen molar-refractivity contribution in [3.63, 3.8) is 0 Å². The summed E-state index contributed by atoms with van der Waals surface area (Å²) in [5.41, 5.74) is 1.89. The number of pyridine rings is 1. The van der Waals surface area contributed by atoms with Crippen LogP contribution in [0.2, 0.25) is 0 Å². The second kappa shape index (κ2) is 6.72. The topological polar surface area (TPSA) is 62.3 Å². The van der Waals surface area contributed by atoms with Crippen LogP contribution in [0.5, 0.6) is 0 Å². The standard InChI is InChI=1S/C18H17N3O2S/c1-21(15-8-4-2-5-9-15)16-12-13-18(19-14-16)20-24(22,23)17-10-6-3-7-11-17/h2-14H,1H3,(H,19,20). The van der Waals surface area contributed by atoms with E-state index in [1.165, 1.54) is 0 Å². The van der Waals surface area contributed by atoms with Gasteiger partial charge in [-0.15, -0.1) is 0 Å². The SMILES string of the molecule is CN(c1ccccc1)c1ccc(NS(=O)(=O)c2ccccc2)nc1. The molecule has 0 aliphatic carbocycles. The monoisotopic (exact) mass is 339 g/mol. The van der Waals surface area contributed by atoms with Gasteiger partial charge in [0.2, 0.25) is 0 Å². The molecule has 1 aromatic heterocycles. The van der Waals surface area contributed by atoms with Gasteiger partial charge in [-0.25, -0.2) is 13.4 Å². The second-order valence-electron chi connectivity index (χ2n) is 5.21. The molecule has 0 saturated carbocycles. The molecule has 2 aromatic carbocycles. The van der Waals surface area contributed by atoms with E-state index >= 15 is 0 Å². The van der Waals surface area contributed by atoms with E-state index in [9.17, 15) is 8.42 Å². The van der Waals surface area contributed by atoms with E-state index in [2.05, 4.69) is 9.71 Å². The molecule has 3 rings (SSSR count). The summed E-state index contributed by atoms with van der Waals surface area (Å²) in [6, 6.07) is 21.5. The molecule has 0 fully saturated rings. The molecule has 0 unspecified atom stereocenters. The summed E-state index contributed by atoms with van der Waals surface area (Å²) in [6.07, 6.45) is 1.63. The molecule has 24 heavy (non-hydrogen) atoms. The largest absolute Gasteiger partial charge is 0.343 e. The van der Waals surface area contributed by atoms with Crippen LogP contribution in [0.4, 0.5) is 17.2 Å². The average Bonchev–Trinajstić information content (AvgIpc) is 2.63. The van der Waals surface area contributed by atoms with E-state index in [0.29, 0.717) is 0 Å². The summed E-state index contributed by atoms with van der Waals surface area (Å²) >= 11 is 0. The number of rotatable bonds is 5. The van der Waals surface area contributed by atoms with Gasteiger partial charge in [-0.3, -0.25) is 4.72 Å². The number of para-hydroxylation sites is 1. The van der Waals surface area contributed by atoms with Crippen LogP contribution in [0.1, 0.15) is 0 Å². The van der Waals surface area contributed by atoms with Gasteiger partial charge in [-0.2, -0.15) is 0 Å². The molecule has 0 aliphatic rings. The van der Waals surface area contributed by atoms with Crippen molar-refractivity contribution in [3.05, 3.63) is 79.0 Å². The van der Waals surface area contributed by atoms with Crippen LogP contribution in [0.3, 0.4) is 0 Å². The Hall–Kier alpha value is -2.86. The molecule has 122 valence electrons. The van der Waals surface area contributed by atoms with Crippen LogP contribution in [0.25, 0.3) is 0 Å². The van der Waals surface area contributed by atoms with E-state index in [-0.39, 0.29) is 10.7 Å². The van der Waals surface area contributed by atoms with E-state index in [4.69, 9.17) is 0 Å². The van der Waals surface area contributed by atoms with E-state index in [0.717, 1.165) is 11.4 Å². The van der Waals surface area contributed by atoms with Crippen molar-refractivity contribution in [3.8, 4) is 0 Å². The van der Waals surface area contributed by atoms with Crippen molar-refractivity contribution in [1.29, 1.82) is 0 Å². The lowest BCUT2D eigenvalue weighted by atomic mass is 10.3. The molecular weight excluding hydrogens is 322 g/mol. The third kappa shape index (κ3) is 3.55. The average molecular weight is 339 g/mol. The van der Waals surface area contributed by atoms with Gasteiger partial charge in [0.25, 0.3) is 10.0 Å². The molecule has 0 atom stereocenters. The Kier molecular flexibility index (Phi) is 4.48. The maximum absolute atomic E-state index is 12.3. The molecule has 0 amide bonds. The van der Waals surface area contributed by atoms with Crippen LogP contribution in [0, 0.1) is 0 Å². The van der Waals surface area contributed by atoms with Crippen LogP contribution in [-0.4, -0.2) is 20.4 Å². The van der Waals surface area contributed by atoms with Crippen LogP contribution in [0.15, 0.2) is 83.9 Å². The van der Waals surface area contributed by atoms with Crippen molar-refractivity contribution in [2.24, 2.45) is 0 Å². The minimum Gasteiger partial charge on any atom is -0.343 e. The van der Waals surface area contributed by atoms with Gasteiger partial charge in [0.1, 0.15) is 5.82 Å². The van der Waals surface area contributed by atoms with Gasteiger partial charge < -0.3 is 4.90 Å². The van der Waals surface area contributed by atoms with Crippen LogP contribution >= 0.6 is 0 Å². The Labute approximate surface area is 141 Å². The van der Waals surface area contributed by atoms with E-state index in [1.54, 1.807) is 42.6 Å². The second-order valence-corrected chi connectivity index (χ2v) is 6.90. The Morgan fingerprint density at radius 1 is 0.833 bits per heavy atom. The first kappa shape index (κ1) is 16.0. The number of hydrogen-bond acceptors (Lipinski definition) is 4. The number of nitrogens with one attached hydrogen (secondary N) is 1. The summed E-state index contributed by atoms with van der Waals surface area (Å²) in [7, 11) is -1.69. The molecule has 5 nitrogen and oxygen atoms in total. The Bertz CT molecular complexity index is 896. The van der Waals surface area contributed by atoms with Crippen molar-refractivity contribution in [2.45, 2.75) is 4.90 Å². The number of sulfonamides is 1. The fourth-order valence-electron chi connectivity index (χ4n) is 2.24. The number of aromatic nitrogens is 1. The molecule has 0 spiro atoms. The van der Waals surface area contributed by atoms with Crippen LogP contribution in [-0.2, 0) is 10.0 Å². The van der Waals surface area contributed by atoms with Gasteiger partial charge in [0.15, 0.2) is 0 Å². The summed E-state index contributed by atoms with van der Waals surface area (Å²) in [6.45, 7) is 0. The van der Waals surface area contributed by atoms with Gasteiger partial charge in [0, 0.05) is 12.7 Å². The highest BCUT2D eigenvalue weighted by Gasteiger charge is 2.14. The quantitative estimate of drug-likeness (QED) is 0.771. The highest BCUT2D eigenvalue weighted by molar-refractivity contribution is 7.92. The molecule has 0 bridgehead atoms. The number of nitrogens with zero attached hydrogens (tertiary/aromatic N) is 2. The van der Waals surface area contributed by atoms with Gasteiger partial charge in [-0.05, 0) is 36.4 Å². The molecule has 3 aromatic rings. The first-order chi connectivity index (χ1) is 11.6. The van der Waals surface area contributed by atoms with Crippen molar-refractivity contribution < 1.29 is 8.42 Å². The van der Waals surface area contributed by atoms with Gasteiger partial charge in [0.05, 0.1) is 16.8 Å². The Balaban J connectivity index is 1.78. The summed E-state index contributed by atoms with van der Waals surface area (Å²) < 4.78 is 27.0. The third-order valence-electron chi connectivity index (χ3n) is 3.57. The highest BCUT2D eigenvalue weighted by Crippen LogP contribution is 2.23. The number of hydrogen-bond donors (Lipinski definition) is 1. The van der Waals surface area contributed by atoms with Crippen molar-refractivity contribution in [2.75, 3.05) is 16.7 Å². The highest BCUT2D eigenvalue weighted by atomic mass is 32.2. The Morgan fingerprint density at radius 2 is 1.46 bits per heavy atom. The zero-order valence-electron chi connectivity index (χ0n) is 13.1. The van der Waals surface area contributed by atoms with Crippen molar-refractivity contribution >= 4 is 27.2 Å². The zero-order valence-corrected chi connectivity index (χ0v) is 13.9. The normalized spacial score (nSPS) is 11.0. The van der Waals surface area contributed by atoms with E-state index in [1.807, 2.05) is 48.3 Å². The number of benzene rings is 2. The van der Waals surface area contributed by atoms with Gasteiger partial charge >= 0.3 is 0 Å². The maximum Gasteiger partial charge on any atom is 0.263 e. The molecular formula is C18H17N3O2S. The number of anilines is 3. The molecule has 0 aliphatic heterocycles. The van der Waals surface area contributed by atoms with Crippen molar-refractivity contribution in [1.82, 2.24) is 4.98 Å². The molecule has 0 saturated heterocycles. The smallest absolute Gasteiger partial charge is 0.263 e. The fourth-order valence-corrected chi connectivity index (χ4v) is 3.27. The molecule has 1 N–H and O–H groups in total. The third-order valence-corrected chi connectivity index (χ3v) is 4.94.